The average molecular weight is 339 g/mol. The van der Waals surface area contributed by atoms with E-state index >= 15 is 0 Å². The molecule has 18 heavy (non-hydrogen) atoms. The standard InChI is InChI=1S/C12H7BrN2OS2/c13-10-5-7(6-17-10)11(16)15-12-14-8-3-1-2-4-9(8)18-12/h1-6H,(H,14,15,16). The van der Waals surface area contributed by atoms with Gasteiger partial charge in [0.05, 0.1) is 19.6 Å². The van der Waals surface area contributed by atoms with Gasteiger partial charge >= 0.3 is 0 Å². The van der Waals surface area contributed by atoms with Crippen LogP contribution < -0.4 is 5.32 Å². The summed E-state index contributed by atoms with van der Waals surface area (Å²) >= 11 is 6.30. The van der Waals surface area contributed by atoms with Crippen LogP contribution in [0.15, 0.2) is 39.5 Å². The first-order valence-corrected chi connectivity index (χ1v) is 7.62. The molecule has 2 heterocycles. The van der Waals surface area contributed by atoms with Crippen molar-refractivity contribution in [2.24, 2.45) is 0 Å². The lowest BCUT2D eigenvalue weighted by molar-refractivity contribution is 0.102. The minimum Gasteiger partial charge on any atom is -0.298 e. The van der Waals surface area contributed by atoms with E-state index in [1.54, 1.807) is 6.07 Å². The number of aromatic nitrogens is 1. The van der Waals surface area contributed by atoms with E-state index in [4.69, 9.17) is 0 Å². The summed E-state index contributed by atoms with van der Waals surface area (Å²) in [4.78, 5) is 16.3. The Morgan fingerprint density at radius 1 is 1.33 bits per heavy atom. The SMILES string of the molecule is O=C(Nc1nc2ccccc2s1)c1csc(Br)c1. The van der Waals surface area contributed by atoms with Crippen LogP contribution in [0.1, 0.15) is 10.4 Å². The van der Waals surface area contributed by atoms with Gasteiger partial charge in [-0.2, -0.15) is 0 Å². The number of benzene rings is 1. The number of nitrogens with one attached hydrogen (secondary N) is 1. The maximum atomic E-state index is 11.9. The number of anilines is 1. The molecule has 2 aromatic heterocycles. The van der Waals surface area contributed by atoms with E-state index in [1.165, 1.54) is 22.7 Å². The Balaban J connectivity index is 1.86. The number of nitrogens with zero attached hydrogens (tertiary/aromatic N) is 1. The molecule has 0 unspecified atom stereocenters. The highest BCUT2D eigenvalue weighted by Crippen LogP contribution is 2.26. The van der Waals surface area contributed by atoms with E-state index in [0.29, 0.717) is 10.7 Å². The molecule has 0 atom stereocenters. The van der Waals surface area contributed by atoms with Crippen molar-refractivity contribution in [2.75, 3.05) is 5.32 Å². The number of para-hydroxylation sites is 1. The summed E-state index contributed by atoms with van der Waals surface area (Å²) in [6, 6.07) is 9.62. The fourth-order valence-corrected chi connectivity index (χ4v) is 3.52. The molecule has 1 aromatic carbocycles. The van der Waals surface area contributed by atoms with Crippen LogP contribution in [-0.4, -0.2) is 10.9 Å². The van der Waals surface area contributed by atoms with Crippen molar-refractivity contribution in [3.8, 4) is 0 Å². The molecule has 3 aromatic rings. The molecular weight excluding hydrogens is 332 g/mol. The number of thiazole rings is 1. The Kier molecular flexibility index (Phi) is 3.15. The molecule has 0 aliphatic rings. The summed E-state index contributed by atoms with van der Waals surface area (Å²) < 4.78 is 2.01. The van der Waals surface area contributed by atoms with Crippen LogP contribution in [0.4, 0.5) is 5.13 Å². The second-order valence-electron chi connectivity index (χ2n) is 3.58. The van der Waals surface area contributed by atoms with Gasteiger partial charge in [-0.15, -0.1) is 11.3 Å². The molecular formula is C12H7BrN2OS2. The number of halogens is 1. The largest absolute Gasteiger partial charge is 0.298 e. The van der Waals surface area contributed by atoms with Crippen molar-refractivity contribution in [3.63, 3.8) is 0 Å². The number of fused-ring (bicyclic) bond motifs is 1. The van der Waals surface area contributed by atoms with Crippen LogP contribution in [0, 0.1) is 0 Å². The second-order valence-corrected chi connectivity index (χ2v) is 6.90. The zero-order valence-electron chi connectivity index (χ0n) is 9.01. The minimum atomic E-state index is -0.129. The predicted molar refractivity (Wildman–Crippen MR) is 79.6 cm³/mol. The number of amides is 1. The van der Waals surface area contributed by atoms with Crippen LogP contribution in [0.3, 0.4) is 0 Å². The summed E-state index contributed by atoms with van der Waals surface area (Å²) in [6.07, 6.45) is 0. The molecule has 0 saturated carbocycles. The maximum absolute atomic E-state index is 11.9. The van der Waals surface area contributed by atoms with Crippen molar-refractivity contribution in [1.29, 1.82) is 0 Å². The van der Waals surface area contributed by atoms with Gasteiger partial charge in [0.15, 0.2) is 5.13 Å². The third-order valence-corrected chi connectivity index (χ3v) is 4.80. The van der Waals surface area contributed by atoms with Gasteiger partial charge in [-0.25, -0.2) is 4.98 Å². The Labute approximate surface area is 120 Å². The van der Waals surface area contributed by atoms with Crippen LogP contribution in [0.25, 0.3) is 10.2 Å². The summed E-state index contributed by atoms with van der Waals surface area (Å²) in [5.74, 6) is -0.129. The van der Waals surface area contributed by atoms with E-state index in [2.05, 4.69) is 26.2 Å². The number of thiophene rings is 1. The molecule has 0 fully saturated rings. The molecule has 1 amide bonds. The smallest absolute Gasteiger partial charge is 0.258 e. The van der Waals surface area contributed by atoms with E-state index in [1.807, 2.05) is 29.6 Å². The quantitative estimate of drug-likeness (QED) is 0.753. The van der Waals surface area contributed by atoms with Gasteiger partial charge in [0.2, 0.25) is 0 Å². The molecule has 0 saturated heterocycles. The maximum Gasteiger partial charge on any atom is 0.258 e. The van der Waals surface area contributed by atoms with Crippen molar-refractivity contribution >= 4 is 59.9 Å². The van der Waals surface area contributed by atoms with Crippen molar-refractivity contribution < 1.29 is 4.79 Å². The molecule has 6 heteroatoms. The van der Waals surface area contributed by atoms with E-state index in [-0.39, 0.29) is 5.91 Å². The van der Waals surface area contributed by atoms with Gasteiger partial charge in [-0.3, -0.25) is 10.1 Å². The number of hydrogen-bond acceptors (Lipinski definition) is 4. The molecule has 0 aliphatic heterocycles. The first kappa shape index (κ1) is 11.8. The topological polar surface area (TPSA) is 42.0 Å². The van der Waals surface area contributed by atoms with Crippen LogP contribution in [0.2, 0.25) is 0 Å². The van der Waals surface area contributed by atoms with Gasteiger partial charge < -0.3 is 0 Å². The van der Waals surface area contributed by atoms with Crippen molar-refractivity contribution in [2.45, 2.75) is 0 Å². The Hall–Kier alpha value is -1.24. The first-order chi connectivity index (χ1) is 8.72. The van der Waals surface area contributed by atoms with Gasteiger partial charge in [-0.05, 0) is 34.1 Å². The summed E-state index contributed by atoms with van der Waals surface area (Å²) in [7, 11) is 0. The molecule has 3 nitrogen and oxygen atoms in total. The highest BCUT2D eigenvalue weighted by molar-refractivity contribution is 9.11. The van der Waals surface area contributed by atoms with Crippen LogP contribution in [0.5, 0.6) is 0 Å². The summed E-state index contributed by atoms with van der Waals surface area (Å²) in [5, 5.41) is 5.26. The Morgan fingerprint density at radius 3 is 2.89 bits per heavy atom. The van der Waals surface area contributed by atoms with Crippen LogP contribution in [-0.2, 0) is 0 Å². The normalized spacial score (nSPS) is 10.7. The Bertz CT molecular complexity index is 687. The first-order valence-electron chi connectivity index (χ1n) is 5.13. The fraction of sp³-hybridized carbons (Fsp3) is 0. The fourth-order valence-electron chi connectivity index (χ4n) is 1.52. The molecule has 90 valence electrons. The third kappa shape index (κ3) is 2.31. The number of carbonyl (C=O) groups excluding carboxylic acids is 1. The van der Waals surface area contributed by atoms with Crippen molar-refractivity contribution in [3.05, 3.63) is 45.1 Å². The molecule has 0 radical (unpaired) electrons. The number of carbonyl (C=O) groups is 1. The zero-order chi connectivity index (χ0) is 12.5. The molecule has 0 bridgehead atoms. The van der Waals surface area contributed by atoms with E-state index < -0.39 is 0 Å². The lowest BCUT2D eigenvalue weighted by Crippen LogP contribution is -2.10. The van der Waals surface area contributed by atoms with Crippen LogP contribution >= 0.6 is 38.6 Å². The highest BCUT2D eigenvalue weighted by atomic mass is 79.9. The lowest BCUT2D eigenvalue weighted by atomic mass is 10.3. The second kappa shape index (κ2) is 4.79. The zero-order valence-corrected chi connectivity index (χ0v) is 12.2. The summed E-state index contributed by atoms with van der Waals surface area (Å²) in [6.45, 7) is 0. The van der Waals surface area contributed by atoms with Gasteiger partial charge in [-0.1, -0.05) is 23.5 Å². The van der Waals surface area contributed by atoms with Gasteiger partial charge in [0.25, 0.3) is 5.91 Å². The minimum absolute atomic E-state index is 0.129. The highest BCUT2D eigenvalue weighted by Gasteiger charge is 2.11. The number of rotatable bonds is 2. The Morgan fingerprint density at radius 2 is 2.17 bits per heavy atom. The predicted octanol–water partition coefficient (Wildman–Crippen LogP) is 4.37. The van der Waals surface area contributed by atoms with Gasteiger partial charge in [0.1, 0.15) is 0 Å². The van der Waals surface area contributed by atoms with Gasteiger partial charge in [0, 0.05) is 5.38 Å². The third-order valence-electron chi connectivity index (χ3n) is 2.34. The van der Waals surface area contributed by atoms with E-state index in [0.717, 1.165) is 14.0 Å². The van der Waals surface area contributed by atoms with E-state index in [9.17, 15) is 4.79 Å². The number of hydrogen-bond donors (Lipinski definition) is 1. The average Bonchev–Trinajstić information content (AvgIpc) is 2.94. The molecule has 1 N–H and O–H groups in total. The monoisotopic (exact) mass is 338 g/mol. The molecule has 0 aliphatic carbocycles. The summed E-state index contributed by atoms with van der Waals surface area (Å²) in [5.41, 5.74) is 1.55. The molecule has 3 rings (SSSR count). The lowest BCUT2D eigenvalue weighted by Gasteiger charge is -1.97. The molecule has 0 spiro atoms. The van der Waals surface area contributed by atoms with Crippen molar-refractivity contribution in [1.82, 2.24) is 4.98 Å².